The van der Waals surface area contributed by atoms with E-state index in [1.54, 1.807) is 20.8 Å². The van der Waals surface area contributed by atoms with Crippen molar-refractivity contribution in [3.05, 3.63) is 57.1 Å². The van der Waals surface area contributed by atoms with Crippen LogP contribution in [0.25, 0.3) is 16.7 Å². The van der Waals surface area contributed by atoms with E-state index >= 15 is 0 Å². The molecular formula is C19H16ClF2N3O3. The fourth-order valence-corrected chi connectivity index (χ4v) is 2.73. The highest BCUT2D eigenvalue weighted by Crippen LogP contribution is 2.40. The SMILES string of the molecule is CC(C)(C)C(=O)Oc1c(C2=C(Cl)C(F)=CCC=C2F)c(=O)[nH]c2nccnc12. The molecular weight excluding hydrogens is 392 g/mol. The summed E-state index contributed by atoms with van der Waals surface area (Å²) in [4.78, 5) is 35.7. The van der Waals surface area contributed by atoms with E-state index in [1.165, 1.54) is 12.4 Å². The number of nitrogens with zero attached hydrogens (tertiary/aromatic N) is 2. The first-order valence-corrected chi connectivity index (χ1v) is 8.70. The lowest BCUT2D eigenvalue weighted by atomic mass is 9.97. The van der Waals surface area contributed by atoms with Crippen molar-refractivity contribution in [1.82, 2.24) is 15.0 Å². The number of carbonyl (C=O) groups excluding carboxylic acids is 1. The van der Waals surface area contributed by atoms with E-state index in [0.717, 1.165) is 12.2 Å². The highest BCUT2D eigenvalue weighted by Gasteiger charge is 2.31. The molecule has 0 atom stereocenters. The topological polar surface area (TPSA) is 84.9 Å². The molecule has 6 nitrogen and oxygen atoms in total. The number of esters is 1. The average molecular weight is 408 g/mol. The number of nitrogens with one attached hydrogen (secondary N) is 1. The molecule has 1 aliphatic rings. The molecule has 9 heteroatoms. The van der Waals surface area contributed by atoms with E-state index in [-0.39, 0.29) is 23.3 Å². The molecule has 0 bridgehead atoms. The minimum atomic E-state index is -0.935. The number of hydrogen-bond donors (Lipinski definition) is 1. The van der Waals surface area contributed by atoms with Gasteiger partial charge in [-0.1, -0.05) is 11.6 Å². The van der Waals surface area contributed by atoms with Gasteiger partial charge in [0.25, 0.3) is 5.56 Å². The Morgan fingerprint density at radius 2 is 1.82 bits per heavy atom. The summed E-state index contributed by atoms with van der Waals surface area (Å²) in [7, 11) is 0. The Labute approximate surface area is 163 Å². The summed E-state index contributed by atoms with van der Waals surface area (Å²) in [6, 6.07) is 0. The van der Waals surface area contributed by atoms with Gasteiger partial charge >= 0.3 is 5.97 Å². The average Bonchev–Trinajstić information content (AvgIpc) is 2.73. The third-order valence-corrected chi connectivity index (χ3v) is 4.29. The molecule has 3 rings (SSSR count). The fourth-order valence-electron chi connectivity index (χ4n) is 2.47. The quantitative estimate of drug-likeness (QED) is 0.749. The normalized spacial score (nSPS) is 15.2. The summed E-state index contributed by atoms with van der Waals surface area (Å²) in [5, 5.41) is -0.604. The summed E-state index contributed by atoms with van der Waals surface area (Å²) < 4.78 is 34.4. The second-order valence-corrected chi connectivity index (χ2v) is 7.46. The lowest BCUT2D eigenvalue weighted by molar-refractivity contribution is -0.142. The first kappa shape index (κ1) is 19.9. The van der Waals surface area contributed by atoms with Gasteiger partial charge in [-0.05, 0) is 39.3 Å². The zero-order valence-corrected chi connectivity index (χ0v) is 16.0. The van der Waals surface area contributed by atoms with Crippen molar-refractivity contribution in [2.24, 2.45) is 5.41 Å². The van der Waals surface area contributed by atoms with E-state index < -0.39 is 44.8 Å². The third-order valence-electron chi connectivity index (χ3n) is 3.92. The van der Waals surface area contributed by atoms with Gasteiger partial charge in [0, 0.05) is 18.0 Å². The van der Waals surface area contributed by atoms with Crippen LogP contribution in [-0.2, 0) is 4.79 Å². The van der Waals surface area contributed by atoms with Gasteiger partial charge in [-0.25, -0.2) is 18.7 Å². The summed E-state index contributed by atoms with van der Waals surface area (Å²) in [5.41, 5.74) is -2.70. The number of H-pyrrole nitrogens is 1. The smallest absolute Gasteiger partial charge is 0.316 e. The molecule has 0 saturated carbocycles. The summed E-state index contributed by atoms with van der Waals surface area (Å²) in [5.74, 6) is -2.85. The molecule has 1 aliphatic carbocycles. The molecule has 1 N–H and O–H groups in total. The molecule has 0 aliphatic heterocycles. The number of hydrogen-bond acceptors (Lipinski definition) is 5. The molecule has 0 spiro atoms. The first-order valence-electron chi connectivity index (χ1n) is 8.32. The van der Waals surface area contributed by atoms with E-state index in [1.807, 2.05) is 0 Å². The molecule has 0 radical (unpaired) electrons. The molecule has 2 heterocycles. The number of aromatic nitrogens is 3. The lowest BCUT2D eigenvalue weighted by Gasteiger charge is -2.19. The minimum Gasteiger partial charge on any atom is -0.423 e. The fraction of sp³-hybridized carbons (Fsp3) is 0.263. The van der Waals surface area contributed by atoms with Crippen molar-refractivity contribution in [2.75, 3.05) is 0 Å². The maximum atomic E-state index is 14.7. The number of carbonyl (C=O) groups is 1. The Morgan fingerprint density at radius 1 is 1.18 bits per heavy atom. The predicted molar refractivity (Wildman–Crippen MR) is 101 cm³/mol. The predicted octanol–water partition coefficient (Wildman–Crippen LogP) is 4.33. The van der Waals surface area contributed by atoms with Gasteiger partial charge in [0.15, 0.2) is 11.4 Å². The number of fused-ring (bicyclic) bond motifs is 1. The Bertz CT molecular complexity index is 1130. The molecule has 0 saturated heterocycles. The van der Waals surface area contributed by atoms with Crippen molar-refractivity contribution < 1.29 is 18.3 Å². The van der Waals surface area contributed by atoms with Crippen molar-refractivity contribution >= 4 is 34.3 Å². The summed E-state index contributed by atoms with van der Waals surface area (Å²) in [6.45, 7) is 4.82. The number of allylic oxidation sites excluding steroid dienone is 6. The standard InChI is InChI=1S/C19H16ClF2N3O3/c1-19(2,3)18(27)28-15-12(11-9(21)5-4-6-10(22)13(11)20)17(26)25-16-14(15)23-7-8-24-16/h5-8H,4H2,1-3H3,(H,24,25,26). The number of pyridine rings is 1. The van der Waals surface area contributed by atoms with E-state index in [4.69, 9.17) is 16.3 Å². The van der Waals surface area contributed by atoms with E-state index in [9.17, 15) is 18.4 Å². The zero-order valence-electron chi connectivity index (χ0n) is 15.3. The zero-order chi connectivity index (χ0) is 20.6. The lowest BCUT2D eigenvalue weighted by Crippen LogP contribution is -2.27. The van der Waals surface area contributed by atoms with Crippen molar-refractivity contribution in [2.45, 2.75) is 27.2 Å². The van der Waals surface area contributed by atoms with Crippen LogP contribution in [0.15, 0.2) is 46.0 Å². The Kier molecular flexibility index (Phi) is 5.16. The van der Waals surface area contributed by atoms with Crippen molar-refractivity contribution in [3.8, 4) is 5.75 Å². The molecule has 0 fully saturated rings. The maximum Gasteiger partial charge on any atom is 0.316 e. The highest BCUT2D eigenvalue weighted by atomic mass is 35.5. The minimum absolute atomic E-state index is 0.00750. The van der Waals surface area contributed by atoms with Gasteiger partial charge in [0.1, 0.15) is 17.2 Å². The van der Waals surface area contributed by atoms with Crippen LogP contribution in [0.2, 0.25) is 0 Å². The second kappa shape index (κ2) is 7.27. The van der Waals surface area contributed by atoms with Crippen LogP contribution < -0.4 is 10.3 Å². The van der Waals surface area contributed by atoms with E-state index in [2.05, 4.69) is 15.0 Å². The van der Waals surface area contributed by atoms with Crippen LogP contribution in [0.1, 0.15) is 32.8 Å². The van der Waals surface area contributed by atoms with Gasteiger partial charge in [0.2, 0.25) is 0 Å². The molecule has 0 unspecified atom stereocenters. The molecule has 0 amide bonds. The van der Waals surface area contributed by atoms with E-state index in [0.29, 0.717) is 0 Å². The van der Waals surface area contributed by atoms with Crippen molar-refractivity contribution in [1.29, 1.82) is 0 Å². The monoisotopic (exact) mass is 407 g/mol. The van der Waals surface area contributed by atoms with Crippen LogP contribution in [-0.4, -0.2) is 20.9 Å². The first-order chi connectivity index (χ1) is 13.1. The van der Waals surface area contributed by atoms with Gasteiger partial charge in [0.05, 0.1) is 16.0 Å². The Hall–Kier alpha value is -2.87. The summed E-state index contributed by atoms with van der Waals surface area (Å²) >= 11 is 6.01. The van der Waals surface area contributed by atoms with Crippen LogP contribution in [0.5, 0.6) is 5.75 Å². The molecule has 2 aromatic heterocycles. The molecule has 2 aromatic rings. The van der Waals surface area contributed by atoms with Gasteiger partial charge < -0.3 is 9.72 Å². The molecule has 0 aromatic carbocycles. The second-order valence-electron chi connectivity index (χ2n) is 7.08. The van der Waals surface area contributed by atoms with Crippen LogP contribution in [0.4, 0.5) is 8.78 Å². The number of rotatable bonds is 2. The molecule has 146 valence electrons. The number of halogens is 3. The Balaban J connectivity index is 2.40. The molecule has 28 heavy (non-hydrogen) atoms. The van der Waals surface area contributed by atoms with Crippen LogP contribution >= 0.6 is 11.6 Å². The largest absolute Gasteiger partial charge is 0.423 e. The third kappa shape index (κ3) is 3.60. The maximum absolute atomic E-state index is 14.7. The summed E-state index contributed by atoms with van der Waals surface area (Å²) in [6.07, 6.45) is 4.73. The van der Waals surface area contributed by atoms with Crippen LogP contribution in [0, 0.1) is 5.41 Å². The highest BCUT2D eigenvalue weighted by molar-refractivity contribution is 6.35. The van der Waals surface area contributed by atoms with Gasteiger partial charge in [-0.2, -0.15) is 0 Å². The number of aromatic amines is 1. The van der Waals surface area contributed by atoms with Gasteiger partial charge in [-0.15, -0.1) is 0 Å². The van der Waals surface area contributed by atoms with Gasteiger partial charge in [-0.3, -0.25) is 9.59 Å². The Morgan fingerprint density at radius 3 is 2.50 bits per heavy atom. The van der Waals surface area contributed by atoms with Crippen molar-refractivity contribution in [3.63, 3.8) is 0 Å². The number of ether oxygens (including phenoxy) is 1. The van der Waals surface area contributed by atoms with Crippen LogP contribution in [0.3, 0.4) is 0 Å².